The normalized spacial score (nSPS) is 11.9. The number of rotatable bonds is 8. The van der Waals surface area contributed by atoms with Crippen molar-refractivity contribution in [2.45, 2.75) is 16.7 Å². The predicted molar refractivity (Wildman–Crippen MR) is 126 cm³/mol. The van der Waals surface area contributed by atoms with Crippen molar-refractivity contribution < 1.29 is 13.2 Å². The Morgan fingerprint density at radius 1 is 1.13 bits per heavy atom. The number of likely N-dealkylation sites (N-methyl/N-ethyl adjacent to an activating group) is 1. The molecule has 1 amide bonds. The van der Waals surface area contributed by atoms with E-state index in [0.717, 1.165) is 15.3 Å². The summed E-state index contributed by atoms with van der Waals surface area (Å²) in [5.74, 6) is 0.820. The van der Waals surface area contributed by atoms with Crippen LogP contribution in [0.2, 0.25) is 0 Å². The van der Waals surface area contributed by atoms with E-state index in [4.69, 9.17) is 0 Å². The van der Waals surface area contributed by atoms with Crippen LogP contribution in [-0.2, 0) is 9.84 Å². The zero-order valence-corrected chi connectivity index (χ0v) is 19.9. The van der Waals surface area contributed by atoms with Crippen molar-refractivity contribution in [1.82, 2.24) is 9.88 Å². The molecule has 0 saturated heterocycles. The van der Waals surface area contributed by atoms with Gasteiger partial charge < -0.3 is 4.90 Å². The summed E-state index contributed by atoms with van der Waals surface area (Å²) in [5, 5.41) is 0.566. The zero-order chi connectivity index (χ0) is 21.9. The average Bonchev–Trinajstić information content (AvgIpc) is 3.10. The Hall–Kier alpha value is -1.94. The molecule has 9 heteroatoms. The summed E-state index contributed by atoms with van der Waals surface area (Å²) in [5.41, 5.74) is 1.30. The highest BCUT2D eigenvalue weighted by atomic mass is 32.2. The Labute approximate surface area is 185 Å². The van der Waals surface area contributed by atoms with Crippen LogP contribution in [0.3, 0.4) is 0 Å². The monoisotopic (exact) mass is 463 g/mol. The fourth-order valence-corrected chi connectivity index (χ4v) is 5.33. The Bertz CT molecular complexity index is 1160. The van der Waals surface area contributed by atoms with Crippen molar-refractivity contribution >= 4 is 54.2 Å². The first-order valence-electron chi connectivity index (χ1n) is 9.49. The number of carbonyl (C=O) groups excluding carboxylic acids is 1. The molecule has 0 saturated carbocycles. The number of hydrogen-bond donors (Lipinski definition) is 0. The number of carbonyl (C=O) groups is 1. The van der Waals surface area contributed by atoms with Crippen molar-refractivity contribution in [2.75, 3.05) is 44.1 Å². The number of thioether (sulfide) groups is 1. The molecule has 30 heavy (non-hydrogen) atoms. The Kier molecular flexibility index (Phi) is 7.18. The molecule has 3 rings (SSSR count). The van der Waals surface area contributed by atoms with Gasteiger partial charge >= 0.3 is 0 Å². The van der Waals surface area contributed by atoms with Gasteiger partial charge in [-0.1, -0.05) is 24.3 Å². The third kappa shape index (κ3) is 5.40. The Balaban J connectivity index is 2.00. The van der Waals surface area contributed by atoms with Gasteiger partial charge in [-0.3, -0.25) is 9.69 Å². The molecule has 6 nitrogen and oxygen atoms in total. The van der Waals surface area contributed by atoms with Gasteiger partial charge in [0.1, 0.15) is 0 Å². The lowest BCUT2D eigenvalue weighted by Crippen LogP contribution is -2.36. The minimum atomic E-state index is -3.31. The van der Waals surface area contributed by atoms with Crippen LogP contribution < -0.4 is 4.90 Å². The highest BCUT2D eigenvalue weighted by Crippen LogP contribution is 2.32. The highest BCUT2D eigenvalue weighted by Gasteiger charge is 2.22. The molecule has 0 N–H and O–H groups in total. The van der Waals surface area contributed by atoms with E-state index in [1.54, 1.807) is 34.9 Å². The van der Waals surface area contributed by atoms with Crippen LogP contribution >= 0.6 is 23.1 Å². The van der Waals surface area contributed by atoms with Gasteiger partial charge in [0.05, 0.1) is 15.1 Å². The third-order valence-electron chi connectivity index (χ3n) is 4.42. The van der Waals surface area contributed by atoms with Gasteiger partial charge in [0.15, 0.2) is 15.0 Å². The van der Waals surface area contributed by atoms with Gasteiger partial charge in [0.25, 0.3) is 5.91 Å². The van der Waals surface area contributed by atoms with Crippen molar-refractivity contribution in [3.05, 3.63) is 48.0 Å². The minimum absolute atomic E-state index is 0.113. The summed E-state index contributed by atoms with van der Waals surface area (Å²) in [6.07, 6.45) is 1.18. The largest absolute Gasteiger partial charge is 0.308 e. The summed E-state index contributed by atoms with van der Waals surface area (Å²) in [6, 6.07) is 12.5. The molecule has 0 radical (unpaired) electrons. The zero-order valence-electron chi connectivity index (χ0n) is 17.5. The summed E-state index contributed by atoms with van der Waals surface area (Å²) < 4.78 is 24.5. The molecular weight excluding hydrogens is 438 g/mol. The molecule has 0 atom stereocenters. The van der Waals surface area contributed by atoms with Crippen LogP contribution in [0.25, 0.3) is 10.2 Å². The van der Waals surface area contributed by atoms with E-state index < -0.39 is 9.84 Å². The number of amides is 1. The van der Waals surface area contributed by atoms with Gasteiger partial charge in [0.2, 0.25) is 0 Å². The summed E-state index contributed by atoms with van der Waals surface area (Å²) in [7, 11) is 0.606. The number of fused-ring (bicyclic) bond motifs is 1. The van der Waals surface area contributed by atoms with Gasteiger partial charge in [0, 0.05) is 29.8 Å². The van der Waals surface area contributed by atoms with E-state index in [-0.39, 0.29) is 10.8 Å². The second-order valence-electron chi connectivity index (χ2n) is 7.12. The first-order valence-corrected chi connectivity index (χ1v) is 13.2. The number of anilines is 1. The lowest BCUT2D eigenvalue weighted by Gasteiger charge is -2.22. The fourth-order valence-electron chi connectivity index (χ4n) is 2.86. The second kappa shape index (κ2) is 9.47. The molecule has 2 aromatic carbocycles. The van der Waals surface area contributed by atoms with Crippen LogP contribution in [-0.4, -0.2) is 63.4 Å². The quantitative estimate of drug-likeness (QED) is 0.470. The lowest BCUT2D eigenvalue weighted by atomic mass is 10.2. The number of benzene rings is 2. The van der Waals surface area contributed by atoms with Crippen LogP contribution in [0.5, 0.6) is 0 Å². The predicted octanol–water partition coefficient (Wildman–Crippen LogP) is 4.02. The maximum atomic E-state index is 13.4. The van der Waals surface area contributed by atoms with Crippen molar-refractivity contribution in [3.63, 3.8) is 0 Å². The Morgan fingerprint density at radius 2 is 1.90 bits per heavy atom. The van der Waals surface area contributed by atoms with Crippen molar-refractivity contribution in [3.8, 4) is 0 Å². The smallest absolute Gasteiger partial charge is 0.260 e. The molecule has 0 aliphatic carbocycles. The SMILES string of the molecule is CCSc1cccc(C(=O)N(CCN(C)C)c2nc3ccc(S(C)(=O)=O)cc3s2)c1. The number of hydrogen-bond acceptors (Lipinski definition) is 7. The summed E-state index contributed by atoms with van der Waals surface area (Å²) in [4.78, 5) is 23.0. The van der Waals surface area contributed by atoms with Crippen LogP contribution in [0.1, 0.15) is 17.3 Å². The fraction of sp³-hybridized carbons (Fsp3) is 0.333. The van der Waals surface area contributed by atoms with E-state index in [2.05, 4.69) is 11.9 Å². The van der Waals surface area contributed by atoms with Gasteiger partial charge in [-0.05, 0) is 56.2 Å². The number of thiazole rings is 1. The molecule has 0 bridgehead atoms. The third-order valence-corrected chi connectivity index (χ3v) is 7.44. The number of sulfone groups is 1. The van der Waals surface area contributed by atoms with Gasteiger partial charge in [-0.25, -0.2) is 13.4 Å². The molecule has 1 aromatic heterocycles. The molecule has 0 aliphatic rings. The van der Waals surface area contributed by atoms with E-state index >= 15 is 0 Å². The van der Waals surface area contributed by atoms with Gasteiger partial charge in [-0.2, -0.15) is 0 Å². The van der Waals surface area contributed by atoms with E-state index in [1.165, 1.54) is 17.6 Å². The molecule has 0 unspecified atom stereocenters. The Morgan fingerprint density at radius 3 is 2.57 bits per heavy atom. The minimum Gasteiger partial charge on any atom is -0.308 e. The average molecular weight is 464 g/mol. The van der Waals surface area contributed by atoms with Gasteiger partial charge in [-0.15, -0.1) is 11.8 Å². The first-order chi connectivity index (χ1) is 14.2. The van der Waals surface area contributed by atoms with Crippen LogP contribution in [0.15, 0.2) is 52.3 Å². The van der Waals surface area contributed by atoms with Crippen molar-refractivity contribution in [2.24, 2.45) is 0 Å². The van der Waals surface area contributed by atoms with Crippen LogP contribution in [0.4, 0.5) is 5.13 Å². The summed E-state index contributed by atoms with van der Waals surface area (Å²) >= 11 is 3.02. The molecule has 0 aliphatic heterocycles. The van der Waals surface area contributed by atoms with Crippen molar-refractivity contribution in [1.29, 1.82) is 0 Å². The highest BCUT2D eigenvalue weighted by molar-refractivity contribution is 7.99. The van der Waals surface area contributed by atoms with Crippen LogP contribution in [0, 0.1) is 0 Å². The number of nitrogens with zero attached hydrogens (tertiary/aromatic N) is 3. The van der Waals surface area contributed by atoms with E-state index in [1.807, 2.05) is 43.3 Å². The molecular formula is C21H25N3O3S3. The second-order valence-corrected chi connectivity index (χ2v) is 11.5. The summed E-state index contributed by atoms with van der Waals surface area (Å²) in [6.45, 7) is 3.24. The molecule has 160 valence electrons. The van der Waals surface area contributed by atoms with E-state index in [9.17, 15) is 13.2 Å². The molecule has 0 spiro atoms. The van der Waals surface area contributed by atoms with E-state index in [0.29, 0.717) is 29.3 Å². The molecule has 0 fully saturated rings. The maximum absolute atomic E-state index is 13.4. The topological polar surface area (TPSA) is 70.6 Å². The lowest BCUT2D eigenvalue weighted by molar-refractivity contribution is 0.0985. The standard InChI is InChI=1S/C21H25N3O3S3/c1-5-28-16-8-6-7-15(13-16)20(25)24(12-11-23(2)3)21-22-18-10-9-17(30(4,26)27)14-19(18)29-21/h6-10,13-14H,5,11-12H2,1-4H3. The number of aromatic nitrogens is 1. The first kappa shape index (κ1) is 22.7. The molecule has 3 aromatic rings. The maximum Gasteiger partial charge on any atom is 0.260 e. The molecule has 1 heterocycles.